The molecule has 6 nitrogen and oxygen atoms in total. The first-order valence-corrected chi connectivity index (χ1v) is 12.6. The first-order chi connectivity index (χ1) is 16.0. The molecule has 33 heavy (non-hydrogen) atoms. The molecule has 0 radical (unpaired) electrons. The maximum Gasteiger partial charge on any atom is 0.264 e. The Kier molecular flexibility index (Phi) is 9.47. The van der Waals surface area contributed by atoms with Crippen molar-refractivity contribution in [2.75, 3.05) is 19.7 Å². The van der Waals surface area contributed by atoms with E-state index in [2.05, 4.69) is 34.3 Å². The third kappa shape index (κ3) is 8.71. The van der Waals surface area contributed by atoms with Crippen LogP contribution in [-0.2, 0) is 21.2 Å². The molecule has 0 aromatic heterocycles. The van der Waals surface area contributed by atoms with Gasteiger partial charge in [0.1, 0.15) is 5.75 Å². The van der Waals surface area contributed by atoms with Gasteiger partial charge in [0.25, 0.3) is 10.0 Å². The minimum absolute atomic E-state index is 0.0807. The van der Waals surface area contributed by atoms with E-state index in [1.807, 2.05) is 30.3 Å². The van der Waals surface area contributed by atoms with Crippen LogP contribution in [0.2, 0.25) is 0 Å². The molecule has 0 spiro atoms. The second-order valence-electron chi connectivity index (χ2n) is 7.70. The molecule has 174 valence electrons. The minimum Gasteiger partial charge on any atom is -0.494 e. The summed E-state index contributed by atoms with van der Waals surface area (Å²) in [7, 11) is -3.80. The van der Waals surface area contributed by atoms with Crippen LogP contribution >= 0.6 is 0 Å². The van der Waals surface area contributed by atoms with Crippen molar-refractivity contribution < 1.29 is 17.9 Å². The maximum absolute atomic E-state index is 12.1. The van der Waals surface area contributed by atoms with Gasteiger partial charge in [0.15, 0.2) is 0 Å². The summed E-state index contributed by atoms with van der Waals surface area (Å²) in [5.41, 5.74) is 2.53. The van der Waals surface area contributed by atoms with Crippen molar-refractivity contribution in [1.29, 1.82) is 0 Å². The van der Waals surface area contributed by atoms with E-state index < -0.39 is 15.9 Å². The van der Waals surface area contributed by atoms with Crippen LogP contribution in [0.3, 0.4) is 0 Å². The highest BCUT2D eigenvalue weighted by molar-refractivity contribution is 7.90. The lowest BCUT2D eigenvalue weighted by Crippen LogP contribution is -2.33. The summed E-state index contributed by atoms with van der Waals surface area (Å²) >= 11 is 0. The number of ether oxygens (including phenoxy) is 1. The number of carbonyl (C=O) groups excluding carboxylic acids is 1. The molecule has 0 aliphatic heterocycles. The smallest absolute Gasteiger partial charge is 0.264 e. The van der Waals surface area contributed by atoms with Crippen molar-refractivity contribution in [2.24, 2.45) is 0 Å². The van der Waals surface area contributed by atoms with Crippen LogP contribution in [0.15, 0.2) is 89.8 Å². The van der Waals surface area contributed by atoms with E-state index in [-0.39, 0.29) is 11.3 Å². The second-order valence-corrected chi connectivity index (χ2v) is 9.39. The summed E-state index contributed by atoms with van der Waals surface area (Å²) < 4.78 is 32.1. The van der Waals surface area contributed by atoms with Crippen LogP contribution in [-0.4, -0.2) is 34.0 Å². The minimum atomic E-state index is -3.80. The Morgan fingerprint density at radius 1 is 0.758 bits per heavy atom. The standard InChI is InChI=1S/C26H30N2O4S/c29-26(28-33(30,31)25-11-5-2-6-12-25)17-19-27-18-7-8-20-32-24-15-13-23(14-16-24)21-22-9-3-1-4-10-22/h1-6,9-16,27H,7-8,17-21H2,(H,28,29). The van der Waals surface area contributed by atoms with Gasteiger partial charge in [-0.2, -0.15) is 0 Å². The fraction of sp³-hybridized carbons (Fsp3) is 0.269. The molecule has 0 saturated heterocycles. The fourth-order valence-corrected chi connectivity index (χ4v) is 4.30. The van der Waals surface area contributed by atoms with E-state index in [1.165, 1.54) is 23.3 Å². The van der Waals surface area contributed by atoms with E-state index >= 15 is 0 Å². The normalized spacial score (nSPS) is 11.2. The lowest BCUT2D eigenvalue weighted by Gasteiger charge is -2.09. The second kappa shape index (κ2) is 12.8. The average molecular weight is 467 g/mol. The van der Waals surface area contributed by atoms with Crippen molar-refractivity contribution in [3.8, 4) is 5.75 Å². The zero-order valence-corrected chi connectivity index (χ0v) is 19.4. The predicted octanol–water partition coefficient (Wildman–Crippen LogP) is 3.92. The van der Waals surface area contributed by atoms with Gasteiger partial charge in [0.2, 0.25) is 5.91 Å². The monoisotopic (exact) mass is 466 g/mol. The van der Waals surface area contributed by atoms with Crippen LogP contribution in [0.1, 0.15) is 30.4 Å². The summed E-state index contributed by atoms with van der Waals surface area (Å²) in [5, 5.41) is 3.16. The van der Waals surface area contributed by atoms with Crippen molar-refractivity contribution in [1.82, 2.24) is 10.0 Å². The number of amides is 1. The molecule has 0 fully saturated rings. The fourth-order valence-electron chi connectivity index (χ4n) is 3.26. The van der Waals surface area contributed by atoms with E-state index in [1.54, 1.807) is 18.2 Å². The van der Waals surface area contributed by atoms with Crippen LogP contribution in [0, 0.1) is 0 Å². The molecule has 3 aromatic carbocycles. The lowest BCUT2D eigenvalue weighted by molar-refractivity contribution is -0.119. The molecule has 0 unspecified atom stereocenters. The van der Waals surface area contributed by atoms with Gasteiger partial charge in [-0.15, -0.1) is 0 Å². The Morgan fingerprint density at radius 3 is 2.09 bits per heavy atom. The molecule has 1 amide bonds. The van der Waals surface area contributed by atoms with Crippen LogP contribution in [0.5, 0.6) is 5.75 Å². The van der Waals surface area contributed by atoms with Crippen LogP contribution in [0.4, 0.5) is 0 Å². The van der Waals surface area contributed by atoms with Gasteiger partial charge in [-0.05, 0) is 61.2 Å². The highest BCUT2D eigenvalue weighted by Crippen LogP contribution is 2.15. The van der Waals surface area contributed by atoms with Gasteiger partial charge in [0.05, 0.1) is 11.5 Å². The number of hydrogen-bond acceptors (Lipinski definition) is 5. The molecule has 0 atom stereocenters. The van der Waals surface area contributed by atoms with Gasteiger partial charge < -0.3 is 10.1 Å². The van der Waals surface area contributed by atoms with Gasteiger partial charge in [0, 0.05) is 13.0 Å². The Morgan fingerprint density at radius 2 is 1.39 bits per heavy atom. The molecule has 0 aliphatic carbocycles. The molecule has 0 saturated carbocycles. The number of hydrogen-bond donors (Lipinski definition) is 2. The Balaban J connectivity index is 1.24. The van der Waals surface area contributed by atoms with E-state index in [0.29, 0.717) is 13.2 Å². The highest BCUT2D eigenvalue weighted by atomic mass is 32.2. The third-order valence-electron chi connectivity index (χ3n) is 5.02. The van der Waals surface area contributed by atoms with E-state index in [4.69, 9.17) is 4.74 Å². The number of sulfonamides is 1. The van der Waals surface area contributed by atoms with Crippen molar-refractivity contribution >= 4 is 15.9 Å². The number of nitrogens with one attached hydrogen (secondary N) is 2. The number of rotatable bonds is 13. The SMILES string of the molecule is O=C(CCNCCCCOc1ccc(Cc2ccccc2)cc1)NS(=O)(=O)c1ccccc1. The molecule has 3 aromatic rings. The van der Waals surface area contributed by atoms with Crippen molar-refractivity contribution in [2.45, 2.75) is 30.6 Å². The molecule has 7 heteroatoms. The van der Waals surface area contributed by atoms with Gasteiger partial charge in [-0.1, -0.05) is 60.7 Å². The zero-order chi connectivity index (χ0) is 23.4. The van der Waals surface area contributed by atoms with Crippen LogP contribution in [0.25, 0.3) is 0 Å². The van der Waals surface area contributed by atoms with Crippen LogP contribution < -0.4 is 14.8 Å². The maximum atomic E-state index is 12.1. The van der Waals surface area contributed by atoms with Gasteiger partial charge >= 0.3 is 0 Å². The number of benzene rings is 3. The Labute approximate surface area is 196 Å². The van der Waals surface area contributed by atoms with Gasteiger partial charge in [-0.25, -0.2) is 13.1 Å². The van der Waals surface area contributed by atoms with E-state index in [9.17, 15) is 13.2 Å². The molecule has 3 rings (SSSR count). The molecule has 0 bridgehead atoms. The number of carbonyl (C=O) groups is 1. The zero-order valence-electron chi connectivity index (χ0n) is 18.6. The average Bonchev–Trinajstić information content (AvgIpc) is 2.83. The quantitative estimate of drug-likeness (QED) is 0.373. The Hall–Kier alpha value is -3.16. The summed E-state index contributed by atoms with van der Waals surface area (Å²) in [4.78, 5) is 12.0. The molecular formula is C26H30N2O4S. The summed E-state index contributed by atoms with van der Waals surface area (Å²) in [6, 6.07) is 26.4. The highest BCUT2D eigenvalue weighted by Gasteiger charge is 2.16. The third-order valence-corrected chi connectivity index (χ3v) is 6.41. The lowest BCUT2D eigenvalue weighted by atomic mass is 10.1. The summed E-state index contributed by atoms with van der Waals surface area (Å²) in [5.74, 6) is 0.335. The van der Waals surface area contributed by atoms with Crippen molar-refractivity contribution in [3.05, 3.63) is 96.1 Å². The topological polar surface area (TPSA) is 84.5 Å². The summed E-state index contributed by atoms with van der Waals surface area (Å²) in [6.07, 6.45) is 2.78. The molecular weight excluding hydrogens is 436 g/mol. The first-order valence-electron chi connectivity index (χ1n) is 11.1. The Bertz CT molecular complexity index is 1090. The van der Waals surface area contributed by atoms with E-state index in [0.717, 1.165) is 31.6 Å². The van der Waals surface area contributed by atoms with Crippen molar-refractivity contribution in [3.63, 3.8) is 0 Å². The van der Waals surface area contributed by atoms with Gasteiger partial charge in [-0.3, -0.25) is 4.79 Å². The first kappa shape index (κ1) is 24.5. The predicted molar refractivity (Wildman–Crippen MR) is 130 cm³/mol. The molecule has 0 heterocycles. The molecule has 2 N–H and O–H groups in total. The summed E-state index contributed by atoms with van der Waals surface area (Å²) in [6.45, 7) is 1.77. The largest absolute Gasteiger partial charge is 0.494 e. The molecule has 0 aliphatic rings. The number of unbranched alkanes of at least 4 members (excludes halogenated alkanes) is 1.